The molecule has 0 amide bonds. The fourth-order valence-electron chi connectivity index (χ4n) is 1.50. The van der Waals surface area contributed by atoms with Gasteiger partial charge in [-0.05, 0) is 23.3 Å². The summed E-state index contributed by atoms with van der Waals surface area (Å²) in [6.07, 6.45) is 0. The van der Waals surface area contributed by atoms with Crippen molar-refractivity contribution in [1.82, 2.24) is 5.48 Å². The second-order valence-electron chi connectivity index (χ2n) is 3.83. The van der Waals surface area contributed by atoms with Crippen molar-refractivity contribution in [2.45, 2.75) is 13.2 Å². The van der Waals surface area contributed by atoms with Crippen LogP contribution in [0.3, 0.4) is 0 Å². The standard InChI is InChI=1S/C14H13BrFNO/c15-14-8-13(16)7-6-12(14)9-17-18-10-11-4-2-1-3-5-11/h1-8,17H,9-10H2. The van der Waals surface area contributed by atoms with Crippen LogP contribution in [0.2, 0.25) is 0 Å². The predicted molar refractivity (Wildman–Crippen MR) is 72.2 cm³/mol. The fraction of sp³-hybridized carbons (Fsp3) is 0.143. The lowest BCUT2D eigenvalue weighted by atomic mass is 10.2. The lowest BCUT2D eigenvalue weighted by Gasteiger charge is -2.07. The Labute approximate surface area is 114 Å². The molecule has 4 heteroatoms. The van der Waals surface area contributed by atoms with E-state index in [1.54, 1.807) is 6.07 Å². The van der Waals surface area contributed by atoms with Crippen LogP contribution in [0.4, 0.5) is 4.39 Å². The van der Waals surface area contributed by atoms with Crippen LogP contribution < -0.4 is 5.48 Å². The van der Waals surface area contributed by atoms with Gasteiger partial charge in [0.15, 0.2) is 0 Å². The first-order valence-electron chi connectivity index (χ1n) is 5.58. The van der Waals surface area contributed by atoms with Crippen molar-refractivity contribution >= 4 is 15.9 Å². The number of hydroxylamine groups is 1. The fourth-order valence-corrected chi connectivity index (χ4v) is 1.99. The summed E-state index contributed by atoms with van der Waals surface area (Å²) in [5.74, 6) is -0.254. The average Bonchev–Trinajstić information content (AvgIpc) is 2.38. The number of nitrogens with one attached hydrogen (secondary N) is 1. The zero-order valence-electron chi connectivity index (χ0n) is 9.70. The van der Waals surface area contributed by atoms with Gasteiger partial charge >= 0.3 is 0 Å². The summed E-state index contributed by atoms with van der Waals surface area (Å²) in [6, 6.07) is 14.5. The predicted octanol–water partition coefficient (Wildman–Crippen LogP) is 3.81. The Bertz CT molecular complexity index is 504. The Kier molecular flexibility index (Phi) is 4.87. The first kappa shape index (κ1) is 13.2. The van der Waals surface area contributed by atoms with Crippen molar-refractivity contribution in [3.63, 3.8) is 0 Å². The van der Waals surface area contributed by atoms with Gasteiger partial charge in [0.1, 0.15) is 5.82 Å². The number of hydrogen-bond donors (Lipinski definition) is 1. The van der Waals surface area contributed by atoms with Gasteiger partial charge in [-0.15, -0.1) is 0 Å². The molecule has 0 aromatic heterocycles. The van der Waals surface area contributed by atoms with E-state index in [0.717, 1.165) is 15.6 Å². The summed E-state index contributed by atoms with van der Waals surface area (Å²) in [5, 5.41) is 0. The molecule has 0 fully saturated rings. The highest BCUT2D eigenvalue weighted by Gasteiger charge is 2.01. The Morgan fingerprint density at radius 1 is 1.11 bits per heavy atom. The van der Waals surface area contributed by atoms with Gasteiger partial charge in [-0.3, -0.25) is 4.84 Å². The third kappa shape index (κ3) is 3.91. The van der Waals surface area contributed by atoms with Gasteiger partial charge in [-0.2, -0.15) is 5.48 Å². The second-order valence-corrected chi connectivity index (χ2v) is 4.69. The molecule has 2 nitrogen and oxygen atoms in total. The Balaban J connectivity index is 1.79. The lowest BCUT2D eigenvalue weighted by Crippen LogP contribution is -2.14. The molecule has 0 saturated heterocycles. The van der Waals surface area contributed by atoms with E-state index in [4.69, 9.17) is 4.84 Å². The number of hydrogen-bond acceptors (Lipinski definition) is 2. The molecule has 2 aromatic carbocycles. The maximum absolute atomic E-state index is 12.9. The van der Waals surface area contributed by atoms with E-state index in [1.165, 1.54) is 12.1 Å². The molecule has 0 bridgehead atoms. The van der Waals surface area contributed by atoms with Crippen molar-refractivity contribution in [1.29, 1.82) is 0 Å². The molecule has 0 saturated carbocycles. The van der Waals surface area contributed by atoms with E-state index in [2.05, 4.69) is 21.4 Å². The van der Waals surface area contributed by atoms with Crippen LogP contribution in [-0.4, -0.2) is 0 Å². The Morgan fingerprint density at radius 3 is 2.61 bits per heavy atom. The minimum absolute atomic E-state index is 0.254. The molecule has 0 aliphatic carbocycles. The maximum Gasteiger partial charge on any atom is 0.124 e. The van der Waals surface area contributed by atoms with E-state index in [-0.39, 0.29) is 5.82 Å². The smallest absolute Gasteiger partial charge is 0.124 e. The van der Waals surface area contributed by atoms with E-state index in [9.17, 15) is 4.39 Å². The molecule has 1 N–H and O–H groups in total. The van der Waals surface area contributed by atoms with Crippen LogP contribution >= 0.6 is 15.9 Å². The Hall–Kier alpha value is -1.23. The lowest BCUT2D eigenvalue weighted by molar-refractivity contribution is 0.0234. The summed E-state index contributed by atoms with van der Waals surface area (Å²) in [4.78, 5) is 5.34. The van der Waals surface area contributed by atoms with Gasteiger partial charge in [-0.25, -0.2) is 4.39 Å². The van der Waals surface area contributed by atoms with Crippen LogP contribution in [0.5, 0.6) is 0 Å². The molecular formula is C14H13BrFNO. The van der Waals surface area contributed by atoms with E-state index >= 15 is 0 Å². The normalized spacial score (nSPS) is 10.6. The zero-order chi connectivity index (χ0) is 12.8. The quantitative estimate of drug-likeness (QED) is 0.670. The largest absolute Gasteiger partial charge is 0.297 e. The summed E-state index contributed by atoms with van der Waals surface area (Å²) < 4.78 is 13.6. The highest BCUT2D eigenvalue weighted by Crippen LogP contribution is 2.17. The van der Waals surface area contributed by atoms with Crippen LogP contribution in [0, 0.1) is 5.82 Å². The third-order valence-corrected chi connectivity index (χ3v) is 3.20. The van der Waals surface area contributed by atoms with Crippen LogP contribution in [0.15, 0.2) is 53.0 Å². The molecular weight excluding hydrogens is 297 g/mol. The molecule has 0 spiro atoms. The molecule has 0 aliphatic heterocycles. The van der Waals surface area contributed by atoms with Gasteiger partial charge in [-0.1, -0.05) is 52.3 Å². The SMILES string of the molecule is Fc1ccc(CNOCc2ccccc2)c(Br)c1. The first-order chi connectivity index (χ1) is 8.75. The third-order valence-electron chi connectivity index (χ3n) is 2.46. The van der Waals surface area contributed by atoms with Gasteiger partial charge in [0.25, 0.3) is 0 Å². The molecule has 0 atom stereocenters. The minimum atomic E-state index is -0.254. The van der Waals surface area contributed by atoms with Crippen LogP contribution in [0.1, 0.15) is 11.1 Å². The van der Waals surface area contributed by atoms with Gasteiger partial charge in [0, 0.05) is 11.0 Å². The first-order valence-corrected chi connectivity index (χ1v) is 6.37. The summed E-state index contributed by atoms with van der Waals surface area (Å²) >= 11 is 3.31. The number of benzene rings is 2. The Morgan fingerprint density at radius 2 is 1.89 bits per heavy atom. The highest BCUT2D eigenvalue weighted by atomic mass is 79.9. The second kappa shape index (κ2) is 6.64. The molecule has 0 unspecified atom stereocenters. The van der Waals surface area contributed by atoms with Crippen molar-refractivity contribution < 1.29 is 9.23 Å². The average molecular weight is 310 g/mol. The summed E-state index contributed by atoms with van der Waals surface area (Å²) in [6.45, 7) is 1.02. The monoisotopic (exact) mass is 309 g/mol. The van der Waals surface area contributed by atoms with E-state index in [1.807, 2.05) is 30.3 Å². The van der Waals surface area contributed by atoms with Gasteiger partial charge in [0.2, 0.25) is 0 Å². The van der Waals surface area contributed by atoms with E-state index in [0.29, 0.717) is 13.2 Å². The number of halogens is 2. The molecule has 94 valence electrons. The molecule has 2 rings (SSSR count). The number of rotatable bonds is 5. The van der Waals surface area contributed by atoms with Crippen LogP contribution in [-0.2, 0) is 18.0 Å². The van der Waals surface area contributed by atoms with E-state index < -0.39 is 0 Å². The molecule has 18 heavy (non-hydrogen) atoms. The minimum Gasteiger partial charge on any atom is -0.297 e. The summed E-state index contributed by atoms with van der Waals surface area (Å²) in [5.41, 5.74) is 4.91. The van der Waals surface area contributed by atoms with Crippen LogP contribution in [0.25, 0.3) is 0 Å². The molecule has 0 heterocycles. The van der Waals surface area contributed by atoms with Gasteiger partial charge < -0.3 is 0 Å². The molecule has 0 radical (unpaired) electrons. The molecule has 0 aliphatic rings. The topological polar surface area (TPSA) is 21.3 Å². The zero-order valence-corrected chi connectivity index (χ0v) is 11.3. The highest BCUT2D eigenvalue weighted by molar-refractivity contribution is 9.10. The van der Waals surface area contributed by atoms with Crippen molar-refractivity contribution in [3.05, 3.63) is 69.9 Å². The molecule has 2 aromatic rings. The summed E-state index contributed by atoms with van der Waals surface area (Å²) in [7, 11) is 0. The van der Waals surface area contributed by atoms with Gasteiger partial charge in [0.05, 0.1) is 6.61 Å². The van der Waals surface area contributed by atoms with Crippen molar-refractivity contribution in [2.24, 2.45) is 0 Å². The van der Waals surface area contributed by atoms with Crippen molar-refractivity contribution in [3.8, 4) is 0 Å². The van der Waals surface area contributed by atoms with Crippen molar-refractivity contribution in [2.75, 3.05) is 0 Å². The maximum atomic E-state index is 12.9.